The lowest BCUT2D eigenvalue weighted by molar-refractivity contribution is -0.152. The maximum atomic E-state index is 11.7. The molecule has 20 heavy (non-hydrogen) atoms. The van der Waals surface area contributed by atoms with Crippen LogP contribution in [-0.4, -0.2) is 19.0 Å². The van der Waals surface area contributed by atoms with E-state index < -0.39 is 23.4 Å². The van der Waals surface area contributed by atoms with Gasteiger partial charge in [-0.3, -0.25) is 9.59 Å². The highest BCUT2D eigenvalue weighted by molar-refractivity contribution is 5.85. The van der Waals surface area contributed by atoms with E-state index in [2.05, 4.69) is 0 Å². The number of rotatable bonds is 4. The molecule has 5 nitrogen and oxygen atoms in total. The minimum atomic E-state index is -0.871. The molecule has 0 amide bonds. The molecule has 0 radical (unpaired) electrons. The molecule has 112 valence electrons. The summed E-state index contributed by atoms with van der Waals surface area (Å²) in [4.78, 5) is 22.6. The predicted octanol–water partition coefficient (Wildman–Crippen LogP) is 2.23. The van der Waals surface area contributed by atoms with Crippen LogP contribution >= 0.6 is 12.4 Å². The molecule has 1 atom stereocenters. The number of halogens is 1. The van der Waals surface area contributed by atoms with Gasteiger partial charge >= 0.3 is 11.9 Å². The van der Waals surface area contributed by atoms with E-state index in [-0.39, 0.29) is 12.4 Å². The van der Waals surface area contributed by atoms with E-state index in [9.17, 15) is 9.59 Å². The molecule has 0 bridgehead atoms. The summed E-state index contributed by atoms with van der Waals surface area (Å²) in [5.41, 5.74) is 5.94. The van der Waals surface area contributed by atoms with E-state index in [0.717, 1.165) is 0 Å². The van der Waals surface area contributed by atoms with Crippen molar-refractivity contribution in [2.45, 2.75) is 26.8 Å². The number of hydrogen-bond acceptors (Lipinski definition) is 5. The maximum Gasteiger partial charge on any atom is 0.313 e. The van der Waals surface area contributed by atoms with Crippen LogP contribution in [0.25, 0.3) is 0 Å². The van der Waals surface area contributed by atoms with Gasteiger partial charge in [0, 0.05) is 13.0 Å². The topological polar surface area (TPSA) is 78.6 Å². The highest BCUT2D eigenvalue weighted by atomic mass is 35.5. The van der Waals surface area contributed by atoms with Gasteiger partial charge in [-0.25, -0.2) is 0 Å². The Balaban J connectivity index is 0.00000361. The molecule has 0 spiro atoms. The first-order chi connectivity index (χ1) is 8.78. The van der Waals surface area contributed by atoms with Gasteiger partial charge in [-0.1, -0.05) is 12.1 Å². The number of nitrogens with two attached hydrogens (primary N) is 1. The van der Waals surface area contributed by atoms with E-state index in [1.54, 1.807) is 38.1 Å². The number of ether oxygens (including phenoxy) is 2. The number of esters is 2. The van der Waals surface area contributed by atoms with Gasteiger partial charge in [0.15, 0.2) is 0 Å². The molecule has 1 rings (SSSR count). The summed E-state index contributed by atoms with van der Waals surface area (Å²) >= 11 is 0. The second-order valence-corrected chi connectivity index (χ2v) is 4.86. The first-order valence-corrected chi connectivity index (χ1v) is 5.91. The summed E-state index contributed by atoms with van der Waals surface area (Å²) in [7, 11) is 1.33. The summed E-state index contributed by atoms with van der Waals surface area (Å²) < 4.78 is 9.74. The molecule has 0 aliphatic rings. The third-order valence-corrected chi connectivity index (χ3v) is 2.97. The zero-order valence-corrected chi connectivity index (χ0v) is 12.8. The van der Waals surface area contributed by atoms with E-state index >= 15 is 0 Å². The first kappa shape index (κ1) is 18.4. The number of hydrogen-bond donors (Lipinski definition) is 1. The van der Waals surface area contributed by atoms with Crippen molar-refractivity contribution in [3.63, 3.8) is 0 Å². The van der Waals surface area contributed by atoms with Crippen molar-refractivity contribution in [1.29, 1.82) is 0 Å². The van der Waals surface area contributed by atoms with Crippen molar-refractivity contribution in [3.8, 4) is 5.75 Å². The van der Waals surface area contributed by atoms with E-state index in [1.807, 2.05) is 0 Å². The standard InChI is InChI=1S/C14H19NO4.ClH/c1-9(16)19-11-7-5-6-10(8-11)12(15)14(2,3)13(17)18-4;/h5-8,12H,15H2,1-4H3;1H/t12-;/m1./s1. The zero-order valence-electron chi connectivity index (χ0n) is 12.0. The van der Waals surface area contributed by atoms with Crippen LogP contribution in [0.5, 0.6) is 5.75 Å². The Morgan fingerprint density at radius 2 is 1.90 bits per heavy atom. The van der Waals surface area contributed by atoms with Crippen molar-refractivity contribution in [3.05, 3.63) is 29.8 Å². The van der Waals surface area contributed by atoms with Crippen LogP contribution in [0.1, 0.15) is 32.4 Å². The second kappa shape index (κ2) is 7.26. The van der Waals surface area contributed by atoms with Crippen LogP contribution in [0.4, 0.5) is 0 Å². The van der Waals surface area contributed by atoms with E-state index in [4.69, 9.17) is 15.2 Å². The third kappa shape index (κ3) is 4.21. The van der Waals surface area contributed by atoms with E-state index in [0.29, 0.717) is 11.3 Å². The second-order valence-electron chi connectivity index (χ2n) is 4.86. The molecule has 1 aromatic carbocycles. The lowest BCUT2D eigenvalue weighted by atomic mass is 9.81. The van der Waals surface area contributed by atoms with Crippen LogP contribution < -0.4 is 10.5 Å². The molecular formula is C14H20ClNO4. The fraction of sp³-hybridized carbons (Fsp3) is 0.429. The molecule has 6 heteroatoms. The van der Waals surface area contributed by atoms with Gasteiger partial charge in [0.25, 0.3) is 0 Å². The molecule has 0 aromatic heterocycles. The van der Waals surface area contributed by atoms with Crippen molar-refractivity contribution in [2.75, 3.05) is 7.11 Å². The summed E-state index contributed by atoms with van der Waals surface area (Å²) in [6.45, 7) is 4.75. The monoisotopic (exact) mass is 301 g/mol. The van der Waals surface area contributed by atoms with Gasteiger partial charge < -0.3 is 15.2 Å². The van der Waals surface area contributed by atoms with Crippen molar-refractivity contribution in [1.82, 2.24) is 0 Å². The predicted molar refractivity (Wildman–Crippen MR) is 77.7 cm³/mol. The van der Waals surface area contributed by atoms with Gasteiger partial charge in [0.05, 0.1) is 12.5 Å². The van der Waals surface area contributed by atoms with Crippen LogP contribution in [0, 0.1) is 5.41 Å². The highest BCUT2D eigenvalue weighted by Crippen LogP contribution is 2.33. The van der Waals surface area contributed by atoms with Crippen LogP contribution in [0.2, 0.25) is 0 Å². The normalized spacial score (nSPS) is 12.1. The third-order valence-electron chi connectivity index (χ3n) is 2.97. The van der Waals surface area contributed by atoms with Crippen LogP contribution in [0.3, 0.4) is 0 Å². The smallest absolute Gasteiger partial charge is 0.313 e. The Hall–Kier alpha value is -1.59. The van der Waals surface area contributed by atoms with Crippen molar-refractivity contribution < 1.29 is 19.1 Å². The van der Waals surface area contributed by atoms with Gasteiger partial charge in [0.2, 0.25) is 0 Å². The van der Waals surface area contributed by atoms with E-state index in [1.165, 1.54) is 14.0 Å². The van der Waals surface area contributed by atoms with Gasteiger partial charge in [0.1, 0.15) is 5.75 Å². The number of carbonyl (C=O) groups is 2. The molecule has 0 saturated heterocycles. The summed E-state index contributed by atoms with van der Waals surface area (Å²) in [5, 5.41) is 0. The van der Waals surface area contributed by atoms with Gasteiger partial charge in [-0.2, -0.15) is 0 Å². The fourth-order valence-electron chi connectivity index (χ4n) is 1.74. The highest BCUT2D eigenvalue weighted by Gasteiger charge is 2.36. The number of benzene rings is 1. The van der Waals surface area contributed by atoms with Crippen LogP contribution in [-0.2, 0) is 14.3 Å². The molecule has 0 unspecified atom stereocenters. The summed E-state index contributed by atoms with van der Waals surface area (Å²) in [5.74, 6) is -0.392. The SMILES string of the molecule is COC(=O)C(C)(C)[C@H](N)c1cccc(OC(C)=O)c1.Cl. The molecule has 0 saturated carbocycles. The first-order valence-electron chi connectivity index (χ1n) is 5.91. The Labute approximate surface area is 124 Å². The Bertz CT molecular complexity index is 488. The summed E-state index contributed by atoms with van der Waals surface area (Å²) in [6.07, 6.45) is 0. The Kier molecular flexibility index (Phi) is 6.68. The average Bonchev–Trinajstić information content (AvgIpc) is 2.36. The Morgan fingerprint density at radius 3 is 2.40 bits per heavy atom. The molecule has 0 fully saturated rings. The maximum absolute atomic E-state index is 11.7. The molecule has 1 aromatic rings. The lowest BCUT2D eigenvalue weighted by Crippen LogP contribution is -2.37. The molecule has 0 aliphatic heterocycles. The zero-order chi connectivity index (χ0) is 14.6. The van der Waals surface area contributed by atoms with Gasteiger partial charge in [-0.15, -0.1) is 12.4 Å². The molecule has 0 aliphatic carbocycles. The number of methoxy groups -OCH3 is 1. The molecular weight excluding hydrogens is 282 g/mol. The largest absolute Gasteiger partial charge is 0.469 e. The van der Waals surface area contributed by atoms with Crippen LogP contribution in [0.15, 0.2) is 24.3 Å². The average molecular weight is 302 g/mol. The Morgan fingerprint density at radius 1 is 1.30 bits per heavy atom. The van der Waals surface area contributed by atoms with Crippen molar-refractivity contribution >= 4 is 24.3 Å². The minimum absolute atomic E-state index is 0. The van der Waals surface area contributed by atoms with Gasteiger partial charge in [-0.05, 0) is 31.5 Å². The molecule has 0 heterocycles. The van der Waals surface area contributed by atoms with Crippen molar-refractivity contribution in [2.24, 2.45) is 11.1 Å². The molecule has 2 N–H and O–H groups in total. The minimum Gasteiger partial charge on any atom is -0.469 e. The fourth-order valence-corrected chi connectivity index (χ4v) is 1.74. The number of carbonyl (C=O) groups excluding carboxylic acids is 2. The lowest BCUT2D eigenvalue weighted by Gasteiger charge is -2.29. The quantitative estimate of drug-likeness (QED) is 0.681. The summed E-state index contributed by atoms with van der Waals surface area (Å²) in [6, 6.07) is 6.25.